The molecule has 0 saturated carbocycles. The van der Waals surface area contributed by atoms with Gasteiger partial charge in [-0.05, 0) is 32.0 Å². The number of rotatable bonds is 7. The zero-order chi connectivity index (χ0) is 21.2. The van der Waals surface area contributed by atoms with Crippen LogP contribution in [0.2, 0.25) is 0 Å². The minimum absolute atomic E-state index is 0.212. The maximum atomic E-state index is 13.0. The van der Waals surface area contributed by atoms with Crippen molar-refractivity contribution in [1.82, 2.24) is 13.5 Å². The maximum absolute atomic E-state index is 13.0. The second-order valence-electron chi connectivity index (χ2n) is 6.93. The summed E-state index contributed by atoms with van der Waals surface area (Å²) in [4.78, 5) is 14.7. The van der Waals surface area contributed by atoms with Crippen LogP contribution in [-0.2, 0) is 10.2 Å². The van der Waals surface area contributed by atoms with Crippen LogP contribution >= 0.6 is 0 Å². The molecule has 0 aliphatic carbocycles. The number of piperazine rings is 1. The third kappa shape index (κ3) is 4.12. The first kappa shape index (κ1) is 21.6. The number of hydrogen-bond donors (Lipinski definition) is 0. The Bertz CT molecular complexity index is 973. The fourth-order valence-corrected chi connectivity index (χ4v) is 5.24. The van der Waals surface area contributed by atoms with Gasteiger partial charge in [0.15, 0.2) is 5.76 Å². The molecule has 0 atom stereocenters. The summed E-state index contributed by atoms with van der Waals surface area (Å²) in [6.07, 6.45) is 0. The van der Waals surface area contributed by atoms with E-state index in [0.29, 0.717) is 44.1 Å². The SMILES string of the molecule is CCOc1ccc2oc(C(=O)N3CCN(S(=O)(=O)N(CC)CC)CC3)c(C)c2c1. The van der Waals surface area contributed by atoms with Gasteiger partial charge in [0.25, 0.3) is 16.1 Å². The predicted molar refractivity (Wildman–Crippen MR) is 111 cm³/mol. The molecule has 0 spiro atoms. The molecule has 1 amide bonds. The highest BCUT2D eigenvalue weighted by atomic mass is 32.2. The molecule has 0 N–H and O–H groups in total. The van der Waals surface area contributed by atoms with Crippen LogP contribution in [0.3, 0.4) is 0 Å². The Morgan fingerprint density at radius 1 is 1.14 bits per heavy atom. The molecule has 1 saturated heterocycles. The highest BCUT2D eigenvalue weighted by molar-refractivity contribution is 7.86. The standard InChI is InChI=1S/C20H29N3O5S/c1-5-22(6-2)29(25,26)23-12-10-21(11-13-23)20(24)19-15(4)17-14-16(27-7-3)8-9-18(17)28-19/h8-9,14H,5-7,10-13H2,1-4H3. The first-order valence-corrected chi connectivity index (χ1v) is 11.4. The largest absolute Gasteiger partial charge is 0.494 e. The van der Waals surface area contributed by atoms with E-state index in [0.717, 1.165) is 16.7 Å². The molecular weight excluding hydrogens is 394 g/mol. The van der Waals surface area contributed by atoms with E-state index in [9.17, 15) is 13.2 Å². The van der Waals surface area contributed by atoms with Crippen LogP contribution in [0.15, 0.2) is 22.6 Å². The van der Waals surface area contributed by atoms with Crippen molar-refractivity contribution in [1.29, 1.82) is 0 Å². The molecular formula is C20H29N3O5S. The van der Waals surface area contributed by atoms with Gasteiger partial charge in [-0.25, -0.2) is 0 Å². The molecule has 3 rings (SSSR count). The van der Waals surface area contributed by atoms with Crippen molar-refractivity contribution in [2.45, 2.75) is 27.7 Å². The Hall–Kier alpha value is -2.10. The minimum Gasteiger partial charge on any atom is -0.494 e. The summed E-state index contributed by atoms with van der Waals surface area (Å²) in [7, 11) is -3.49. The molecule has 1 aromatic carbocycles. The van der Waals surface area contributed by atoms with E-state index in [1.165, 1.54) is 8.61 Å². The van der Waals surface area contributed by atoms with Crippen molar-refractivity contribution < 1.29 is 22.4 Å². The van der Waals surface area contributed by atoms with Gasteiger partial charge in [-0.2, -0.15) is 17.0 Å². The molecule has 1 fully saturated rings. The summed E-state index contributed by atoms with van der Waals surface area (Å²) >= 11 is 0. The van der Waals surface area contributed by atoms with Gasteiger partial charge in [-0.3, -0.25) is 4.79 Å². The molecule has 1 aromatic heterocycles. The lowest BCUT2D eigenvalue weighted by Crippen LogP contribution is -2.54. The van der Waals surface area contributed by atoms with Crippen molar-refractivity contribution in [2.75, 3.05) is 45.9 Å². The number of benzene rings is 1. The summed E-state index contributed by atoms with van der Waals surface area (Å²) in [6, 6.07) is 5.50. The number of carbonyl (C=O) groups excluding carboxylic acids is 1. The van der Waals surface area contributed by atoms with Gasteiger partial charge in [0.2, 0.25) is 0 Å². The van der Waals surface area contributed by atoms with E-state index in [1.807, 2.05) is 39.8 Å². The van der Waals surface area contributed by atoms with Gasteiger partial charge < -0.3 is 14.1 Å². The number of carbonyl (C=O) groups is 1. The van der Waals surface area contributed by atoms with E-state index in [1.54, 1.807) is 11.0 Å². The quantitative estimate of drug-likeness (QED) is 0.683. The number of furan rings is 1. The molecule has 0 bridgehead atoms. The normalized spacial score (nSPS) is 16.0. The van der Waals surface area contributed by atoms with Crippen LogP contribution in [0, 0.1) is 6.92 Å². The molecule has 8 nitrogen and oxygen atoms in total. The number of fused-ring (bicyclic) bond motifs is 1. The molecule has 9 heteroatoms. The summed E-state index contributed by atoms with van der Waals surface area (Å²) in [6.45, 7) is 10.1. The van der Waals surface area contributed by atoms with Crippen molar-refractivity contribution in [3.63, 3.8) is 0 Å². The van der Waals surface area contributed by atoms with Crippen LogP contribution in [0.1, 0.15) is 36.9 Å². The molecule has 0 unspecified atom stereocenters. The molecule has 160 valence electrons. The lowest BCUT2D eigenvalue weighted by atomic mass is 10.1. The molecule has 2 heterocycles. The summed E-state index contributed by atoms with van der Waals surface area (Å²) in [5, 5.41) is 0.849. The second-order valence-corrected chi connectivity index (χ2v) is 8.86. The van der Waals surface area contributed by atoms with E-state index < -0.39 is 10.2 Å². The lowest BCUT2D eigenvalue weighted by Gasteiger charge is -2.36. The first-order chi connectivity index (χ1) is 13.8. The molecule has 1 aliphatic heterocycles. The van der Waals surface area contributed by atoms with E-state index in [-0.39, 0.29) is 19.0 Å². The average Bonchev–Trinajstić information content (AvgIpc) is 3.05. The highest BCUT2D eigenvalue weighted by Gasteiger charge is 2.33. The van der Waals surface area contributed by atoms with E-state index in [4.69, 9.17) is 9.15 Å². The fraction of sp³-hybridized carbons (Fsp3) is 0.550. The minimum atomic E-state index is -3.49. The number of aryl methyl sites for hydroxylation is 1. The summed E-state index contributed by atoms with van der Waals surface area (Å²) < 4.78 is 39.6. The smallest absolute Gasteiger partial charge is 0.289 e. The van der Waals surface area contributed by atoms with Crippen molar-refractivity contribution in [2.24, 2.45) is 0 Å². The van der Waals surface area contributed by atoms with E-state index in [2.05, 4.69) is 0 Å². The van der Waals surface area contributed by atoms with Gasteiger partial charge in [0.05, 0.1) is 6.61 Å². The van der Waals surface area contributed by atoms with Crippen LogP contribution in [0.4, 0.5) is 0 Å². The fourth-order valence-electron chi connectivity index (χ4n) is 3.64. The van der Waals surface area contributed by atoms with Crippen molar-refractivity contribution in [3.05, 3.63) is 29.5 Å². The highest BCUT2D eigenvalue weighted by Crippen LogP contribution is 2.30. The van der Waals surface area contributed by atoms with Crippen LogP contribution in [0.25, 0.3) is 11.0 Å². The predicted octanol–water partition coefficient (Wildman–Crippen LogP) is 2.48. The third-order valence-corrected chi connectivity index (χ3v) is 7.48. The monoisotopic (exact) mass is 423 g/mol. The van der Waals surface area contributed by atoms with Crippen LogP contribution in [-0.4, -0.2) is 73.7 Å². The van der Waals surface area contributed by atoms with Gasteiger partial charge in [-0.15, -0.1) is 0 Å². The average molecular weight is 424 g/mol. The third-order valence-electron chi connectivity index (χ3n) is 5.30. The van der Waals surface area contributed by atoms with Gasteiger partial charge in [0.1, 0.15) is 11.3 Å². The summed E-state index contributed by atoms with van der Waals surface area (Å²) in [5.74, 6) is 0.823. The zero-order valence-electron chi connectivity index (χ0n) is 17.5. The van der Waals surface area contributed by atoms with Crippen LogP contribution < -0.4 is 4.74 Å². The number of amides is 1. The Morgan fingerprint density at radius 2 is 1.79 bits per heavy atom. The second kappa shape index (κ2) is 8.73. The number of hydrogen-bond acceptors (Lipinski definition) is 5. The number of nitrogens with zero attached hydrogens (tertiary/aromatic N) is 3. The number of ether oxygens (including phenoxy) is 1. The maximum Gasteiger partial charge on any atom is 0.289 e. The van der Waals surface area contributed by atoms with Gasteiger partial charge >= 0.3 is 0 Å². The summed E-state index contributed by atoms with van der Waals surface area (Å²) in [5.41, 5.74) is 1.40. The molecule has 1 aliphatic rings. The van der Waals surface area contributed by atoms with Crippen molar-refractivity contribution in [3.8, 4) is 5.75 Å². The van der Waals surface area contributed by atoms with Gasteiger partial charge in [-0.1, -0.05) is 13.8 Å². The lowest BCUT2D eigenvalue weighted by molar-refractivity contribution is 0.0663. The Labute approximate surface area is 172 Å². The molecule has 0 radical (unpaired) electrons. The van der Waals surface area contributed by atoms with Crippen molar-refractivity contribution >= 4 is 27.1 Å². The van der Waals surface area contributed by atoms with Crippen LogP contribution in [0.5, 0.6) is 5.75 Å². The zero-order valence-corrected chi connectivity index (χ0v) is 18.3. The molecule has 2 aromatic rings. The van der Waals surface area contributed by atoms with E-state index >= 15 is 0 Å². The van der Waals surface area contributed by atoms with Gasteiger partial charge in [0, 0.05) is 50.2 Å². The Morgan fingerprint density at radius 3 is 2.38 bits per heavy atom. The first-order valence-electron chi connectivity index (χ1n) is 10.0. The molecule has 29 heavy (non-hydrogen) atoms. The Balaban J connectivity index is 1.75. The topological polar surface area (TPSA) is 83.3 Å². The Kier molecular flexibility index (Phi) is 6.50.